The molecule has 18 heavy (non-hydrogen) atoms. The number of carbonyl (C=O) groups excluding carboxylic acids is 1. The van der Waals surface area contributed by atoms with Gasteiger partial charge in [-0.2, -0.15) is 0 Å². The van der Waals surface area contributed by atoms with E-state index in [0.717, 1.165) is 11.3 Å². The van der Waals surface area contributed by atoms with Crippen molar-refractivity contribution in [1.29, 1.82) is 0 Å². The van der Waals surface area contributed by atoms with Gasteiger partial charge in [-0.15, -0.1) is 11.8 Å². The quantitative estimate of drug-likeness (QED) is 0.615. The molecule has 0 radical (unpaired) electrons. The third-order valence-electron chi connectivity index (χ3n) is 2.59. The average molecular weight is 262 g/mol. The van der Waals surface area contributed by atoms with Crippen LogP contribution in [0.5, 0.6) is 11.5 Å². The normalized spacial score (nSPS) is 16.0. The maximum atomic E-state index is 12.1. The van der Waals surface area contributed by atoms with Crippen molar-refractivity contribution < 1.29 is 14.3 Å². The van der Waals surface area contributed by atoms with Crippen LogP contribution in [0.3, 0.4) is 0 Å². The number of rotatable bonds is 4. The second-order valence-electron chi connectivity index (χ2n) is 3.74. The molecule has 0 aliphatic carbocycles. The first-order valence-electron chi connectivity index (χ1n) is 5.53. The highest BCUT2D eigenvalue weighted by atomic mass is 32.2. The molecule has 1 aromatic rings. The Balaban J connectivity index is 2.23. The van der Waals surface area contributed by atoms with Crippen molar-refractivity contribution >= 4 is 17.5 Å². The van der Waals surface area contributed by atoms with Crippen LogP contribution in [0.1, 0.15) is 16.8 Å². The summed E-state index contributed by atoms with van der Waals surface area (Å²) in [7, 11) is 3.13. The fraction of sp³-hybridized carbons (Fsp3) is 0.214. The number of allylic oxidation sites excluding steroid dienone is 3. The minimum atomic E-state index is -0.0119. The smallest absolute Gasteiger partial charge is 0.186 e. The van der Waals surface area contributed by atoms with Crippen LogP contribution in [0, 0.1) is 0 Å². The van der Waals surface area contributed by atoms with Gasteiger partial charge < -0.3 is 9.47 Å². The summed E-state index contributed by atoms with van der Waals surface area (Å²) in [5.74, 6) is 1.18. The first-order chi connectivity index (χ1) is 8.74. The first-order valence-corrected chi connectivity index (χ1v) is 6.41. The molecular formula is C14H14O3S. The summed E-state index contributed by atoms with van der Waals surface area (Å²) in [6.45, 7) is 0. The zero-order valence-electron chi connectivity index (χ0n) is 10.3. The Kier molecular flexibility index (Phi) is 4.10. The molecule has 0 unspecified atom stereocenters. The molecule has 0 amide bonds. The minimum absolute atomic E-state index is 0.0119. The van der Waals surface area contributed by atoms with E-state index in [-0.39, 0.29) is 5.78 Å². The standard InChI is InChI=1S/C14H14O3S/c1-16-13-6-5-10(8-14(13)17-2)12(15)9-11-4-3-7-18-11/h3,5-9H,4H2,1-2H3. The molecule has 2 rings (SSSR count). The van der Waals surface area contributed by atoms with E-state index >= 15 is 0 Å². The van der Waals surface area contributed by atoms with Crippen LogP contribution in [-0.4, -0.2) is 20.0 Å². The summed E-state index contributed by atoms with van der Waals surface area (Å²) < 4.78 is 10.3. The van der Waals surface area contributed by atoms with Gasteiger partial charge in [0.05, 0.1) is 14.2 Å². The summed E-state index contributed by atoms with van der Waals surface area (Å²) in [4.78, 5) is 13.1. The van der Waals surface area contributed by atoms with Gasteiger partial charge in [-0.05, 0) is 41.0 Å². The Labute approximate surface area is 110 Å². The third-order valence-corrected chi connectivity index (χ3v) is 3.51. The van der Waals surface area contributed by atoms with Gasteiger partial charge in [-0.25, -0.2) is 0 Å². The molecule has 0 atom stereocenters. The molecule has 1 aliphatic heterocycles. The molecule has 0 N–H and O–H groups in total. The maximum absolute atomic E-state index is 12.1. The Morgan fingerprint density at radius 3 is 2.67 bits per heavy atom. The van der Waals surface area contributed by atoms with Crippen LogP contribution in [0.25, 0.3) is 0 Å². The molecule has 1 heterocycles. The van der Waals surface area contributed by atoms with Crippen molar-refractivity contribution in [3.8, 4) is 11.5 Å². The fourth-order valence-corrected chi connectivity index (χ4v) is 2.39. The summed E-state index contributed by atoms with van der Waals surface area (Å²) in [5.41, 5.74) is 0.604. The summed E-state index contributed by atoms with van der Waals surface area (Å²) in [6.07, 6.45) is 4.55. The Hall–Kier alpha value is -1.68. The van der Waals surface area contributed by atoms with Crippen molar-refractivity contribution in [3.05, 3.63) is 46.2 Å². The number of benzene rings is 1. The number of methoxy groups -OCH3 is 2. The van der Waals surface area contributed by atoms with E-state index in [4.69, 9.17) is 9.47 Å². The van der Waals surface area contributed by atoms with E-state index in [1.165, 1.54) is 0 Å². The molecule has 0 fully saturated rings. The first kappa shape index (κ1) is 12.8. The molecule has 0 aromatic heterocycles. The third kappa shape index (κ3) is 2.76. The second-order valence-corrected chi connectivity index (χ2v) is 4.77. The molecule has 3 nitrogen and oxygen atoms in total. The molecule has 94 valence electrons. The fourth-order valence-electron chi connectivity index (χ4n) is 1.66. The van der Waals surface area contributed by atoms with Gasteiger partial charge in [-0.1, -0.05) is 6.08 Å². The number of ether oxygens (including phenoxy) is 2. The lowest BCUT2D eigenvalue weighted by Gasteiger charge is -2.08. The molecule has 1 aliphatic rings. The summed E-state index contributed by atoms with van der Waals surface area (Å²) in [6, 6.07) is 5.18. The highest BCUT2D eigenvalue weighted by molar-refractivity contribution is 8.06. The Bertz CT molecular complexity index is 508. The molecule has 0 bridgehead atoms. The largest absolute Gasteiger partial charge is 0.493 e. The number of carbonyl (C=O) groups is 1. The Morgan fingerprint density at radius 1 is 1.28 bits per heavy atom. The summed E-state index contributed by atoms with van der Waals surface area (Å²) >= 11 is 1.59. The zero-order chi connectivity index (χ0) is 13.0. The van der Waals surface area contributed by atoms with E-state index in [0.29, 0.717) is 17.1 Å². The van der Waals surface area contributed by atoms with Crippen molar-refractivity contribution in [3.63, 3.8) is 0 Å². The van der Waals surface area contributed by atoms with Crippen LogP contribution in [0.15, 0.2) is 40.7 Å². The summed E-state index contributed by atoms with van der Waals surface area (Å²) in [5, 5.41) is 1.99. The highest BCUT2D eigenvalue weighted by Crippen LogP contribution is 2.30. The number of ketones is 1. The predicted molar refractivity (Wildman–Crippen MR) is 73.3 cm³/mol. The van der Waals surface area contributed by atoms with Crippen molar-refractivity contribution in [2.24, 2.45) is 0 Å². The van der Waals surface area contributed by atoms with E-state index in [9.17, 15) is 4.79 Å². The van der Waals surface area contributed by atoms with Crippen LogP contribution in [0.2, 0.25) is 0 Å². The van der Waals surface area contributed by atoms with Crippen LogP contribution < -0.4 is 9.47 Å². The molecule has 0 saturated carbocycles. The van der Waals surface area contributed by atoms with Gasteiger partial charge in [0.25, 0.3) is 0 Å². The van der Waals surface area contributed by atoms with Crippen molar-refractivity contribution in [2.45, 2.75) is 6.42 Å². The lowest BCUT2D eigenvalue weighted by molar-refractivity contribution is 0.104. The lowest BCUT2D eigenvalue weighted by atomic mass is 10.1. The van der Waals surface area contributed by atoms with Crippen LogP contribution >= 0.6 is 11.8 Å². The number of hydrogen-bond acceptors (Lipinski definition) is 4. The van der Waals surface area contributed by atoms with Gasteiger partial charge in [0.15, 0.2) is 17.3 Å². The van der Waals surface area contributed by atoms with Gasteiger partial charge in [0, 0.05) is 5.56 Å². The van der Waals surface area contributed by atoms with Crippen molar-refractivity contribution in [1.82, 2.24) is 0 Å². The second kappa shape index (κ2) is 5.78. The average Bonchev–Trinajstić information content (AvgIpc) is 2.90. The monoisotopic (exact) mass is 262 g/mol. The molecule has 0 spiro atoms. The van der Waals surface area contributed by atoms with Crippen LogP contribution in [0.4, 0.5) is 0 Å². The van der Waals surface area contributed by atoms with Gasteiger partial charge in [0.1, 0.15) is 0 Å². The molecule has 4 heteroatoms. The van der Waals surface area contributed by atoms with E-state index in [1.54, 1.807) is 50.3 Å². The van der Waals surface area contributed by atoms with E-state index < -0.39 is 0 Å². The van der Waals surface area contributed by atoms with Crippen LogP contribution in [-0.2, 0) is 0 Å². The SMILES string of the molecule is COc1ccc(C(=O)C=C2CC=CS2)cc1OC. The number of hydrogen-bond donors (Lipinski definition) is 0. The highest BCUT2D eigenvalue weighted by Gasteiger charge is 2.10. The van der Waals surface area contributed by atoms with E-state index in [1.807, 2.05) is 11.5 Å². The topological polar surface area (TPSA) is 35.5 Å². The molecule has 0 saturated heterocycles. The van der Waals surface area contributed by atoms with E-state index in [2.05, 4.69) is 0 Å². The molecule has 1 aromatic carbocycles. The van der Waals surface area contributed by atoms with Gasteiger partial charge >= 0.3 is 0 Å². The maximum Gasteiger partial charge on any atom is 0.186 e. The molecular weight excluding hydrogens is 248 g/mol. The Morgan fingerprint density at radius 2 is 2.06 bits per heavy atom. The van der Waals surface area contributed by atoms with Crippen molar-refractivity contribution in [2.75, 3.05) is 14.2 Å². The minimum Gasteiger partial charge on any atom is -0.493 e. The van der Waals surface area contributed by atoms with Gasteiger partial charge in [-0.3, -0.25) is 4.79 Å². The zero-order valence-corrected chi connectivity index (χ0v) is 11.1. The number of thioether (sulfide) groups is 1. The lowest BCUT2D eigenvalue weighted by Crippen LogP contribution is -1.98. The predicted octanol–water partition coefficient (Wildman–Crippen LogP) is 3.42. The van der Waals surface area contributed by atoms with Gasteiger partial charge in [0.2, 0.25) is 0 Å².